The van der Waals surface area contributed by atoms with Crippen molar-refractivity contribution in [3.8, 4) is 5.75 Å². The number of ketones is 1. The second-order valence-electron chi connectivity index (χ2n) is 5.32. The van der Waals surface area contributed by atoms with E-state index in [1.54, 1.807) is 12.1 Å². The number of rotatable bonds is 6. The van der Waals surface area contributed by atoms with E-state index in [9.17, 15) is 9.18 Å². The van der Waals surface area contributed by atoms with Crippen LogP contribution in [0, 0.1) is 5.82 Å². The first kappa shape index (κ1) is 15.2. The maximum atomic E-state index is 12.8. The smallest absolute Gasteiger partial charge is 0.174 e. The van der Waals surface area contributed by atoms with Gasteiger partial charge in [-0.3, -0.25) is 4.79 Å². The molecule has 0 saturated carbocycles. The summed E-state index contributed by atoms with van der Waals surface area (Å²) >= 11 is 0. The van der Waals surface area contributed by atoms with E-state index in [1.807, 2.05) is 24.3 Å². The molecule has 0 aliphatic rings. The zero-order chi connectivity index (χ0) is 15.2. The predicted molar refractivity (Wildman–Crippen MR) is 81.1 cm³/mol. The molecule has 0 N–H and O–H groups in total. The standard InChI is InChI=1S/C18H19FO2/c1-13(2)17-5-3-4-6-18(17)21-12-16(20)11-14-7-9-15(19)10-8-14/h3-10,13H,11-12H2,1-2H3. The van der Waals surface area contributed by atoms with Crippen molar-refractivity contribution in [2.45, 2.75) is 26.2 Å². The Hall–Kier alpha value is -2.16. The maximum Gasteiger partial charge on any atom is 0.174 e. The number of carbonyl (C=O) groups excluding carboxylic acids is 1. The molecule has 0 radical (unpaired) electrons. The summed E-state index contributed by atoms with van der Waals surface area (Å²) in [5.74, 6) is 0.766. The summed E-state index contributed by atoms with van der Waals surface area (Å²) in [6.45, 7) is 4.20. The van der Waals surface area contributed by atoms with Gasteiger partial charge in [0, 0.05) is 6.42 Å². The van der Waals surface area contributed by atoms with Crippen molar-refractivity contribution in [1.29, 1.82) is 0 Å². The third-order valence-corrected chi connectivity index (χ3v) is 3.24. The highest BCUT2D eigenvalue weighted by atomic mass is 19.1. The Kier molecular flexibility index (Phi) is 5.09. The molecule has 2 rings (SSSR count). The topological polar surface area (TPSA) is 26.3 Å². The van der Waals surface area contributed by atoms with Gasteiger partial charge >= 0.3 is 0 Å². The third kappa shape index (κ3) is 4.42. The van der Waals surface area contributed by atoms with Gasteiger partial charge in [-0.05, 0) is 35.2 Å². The highest BCUT2D eigenvalue weighted by Gasteiger charge is 2.09. The molecule has 0 atom stereocenters. The Bertz CT molecular complexity index is 603. The van der Waals surface area contributed by atoms with Crippen LogP contribution < -0.4 is 4.74 Å². The minimum Gasteiger partial charge on any atom is -0.486 e. The summed E-state index contributed by atoms with van der Waals surface area (Å²) < 4.78 is 18.4. The van der Waals surface area contributed by atoms with E-state index in [0.29, 0.717) is 5.92 Å². The fourth-order valence-electron chi connectivity index (χ4n) is 2.13. The molecular formula is C18H19FO2. The monoisotopic (exact) mass is 286 g/mol. The summed E-state index contributed by atoms with van der Waals surface area (Å²) in [5.41, 5.74) is 1.88. The van der Waals surface area contributed by atoms with Crippen LogP contribution >= 0.6 is 0 Å². The summed E-state index contributed by atoms with van der Waals surface area (Å²) in [7, 11) is 0. The minimum atomic E-state index is -0.298. The van der Waals surface area contributed by atoms with E-state index in [4.69, 9.17) is 4.74 Å². The zero-order valence-corrected chi connectivity index (χ0v) is 12.3. The van der Waals surface area contributed by atoms with Crippen molar-refractivity contribution < 1.29 is 13.9 Å². The predicted octanol–water partition coefficient (Wildman–Crippen LogP) is 4.14. The third-order valence-electron chi connectivity index (χ3n) is 3.24. The van der Waals surface area contributed by atoms with E-state index in [0.717, 1.165) is 16.9 Å². The van der Waals surface area contributed by atoms with E-state index in [-0.39, 0.29) is 24.6 Å². The molecule has 110 valence electrons. The van der Waals surface area contributed by atoms with Gasteiger partial charge in [-0.25, -0.2) is 4.39 Å². The summed E-state index contributed by atoms with van der Waals surface area (Å²) in [6, 6.07) is 13.7. The number of para-hydroxylation sites is 1. The molecule has 0 amide bonds. The number of hydrogen-bond acceptors (Lipinski definition) is 2. The molecule has 0 aromatic heterocycles. The van der Waals surface area contributed by atoms with Gasteiger partial charge in [0.1, 0.15) is 18.2 Å². The van der Waals surface area contributed by atoms with Crippen LogP contribution in [0.5, 0.6) is 5.75 Å². The first-order valence-electron chi connectivity index (χ1n) is 7.04. The minimum absolute atomic E-state index is 0.0276. The normalized spacial score (nSPS) is 10.7. The van der Waals surface area contributed by atoms with Gasteiger partial charge in [-0.1, -0.05) is 44.2 Å². The SMILES string of the molecule is CC(C)c1ccccc1OCC(=O)Cc1ccc(F)cc1. The second kappa shape index (κ2) is 7.02. The van der Waals surface area contributed by atoms with Crippen LogP contribution in [-0.2, 0) is 11.2 Å². The molecule has 0 saturated heterocycles. The van der Waals surface area contributed by atoms with Crippen molar-refractivity contribution in [3.05, 3.63) is 65.5 Å². The van der Waals surface area contributed by atoms with Gasteiger partial charge < -0.3 is 4.74 Å². The van der Waals surface area contributed by atoms with Crippen molar-refractivity contribution >= 4 is 5.78 Å². The Labute approximate surface area is 124 Å². The summed E-state index contributed by atoms with van der Waals surface area (Å²) in [5, 5.41) is 0. The summed E-state index contributed by atoms with van der Waals surface area (Å²) in [4.78, 5) is 11.9. The number of carbonyl (C=O) groups is 1. The van der Waals surface area contributed by atoms with Gasteiger partial charge in [-0.2, -0.15) is 0 Å². The van der Waals surface area contributed by atoms with Crippen LogP contribution in [0.2, 0.25) is 0 Å². The Morgan fingerprint density at radius 1 is 1.10 bits per heavy atom. The summed E-state index contributed by atoms with van der Waals surface area (Å²) in [6.07, 6.45) is 0.254. The highest BCUT2D eigenvalue weighted by Crippen LogP contribution is 2.25. The molecule has 0 aliphatic carbocycles. The fourth-order valence-corrected chi connectivity index (χ4v) is 2.13. The molecule has 0 bridgehead atoms. The van der Waals surface area contributed by atoms with Crippen molar-refractivity contribution in [3.63, 3.8) is 0 Å². The van der Waals surface area contributed by atoms with Gasteiger partial charge in [0.15, 0.2) is 5.78 Å². The first-order chi connectivity index (χ1) is 10.1. The Morgan fingerprint density at radius 2 is 1.76 bits per heavy atom. The van der Waals surface area contributed by atoms with E-state index in [2.05, 4.69) is 13.8 Å². The number of halogens is 1. The molecule has 0 fully saturated rings. The molecule has 2 aromatic rings. The number of Topliss-reactive ketones (excluding diaryl/α,β-unsaturated/α-hetero) is 1. The average molecular weight is 286 g/mol. The number of hydrogen-bond donors (Lipinski definition) is 0. The van der Waals surface area contributed by atoms with Gasteiger partial charge in [0.05, 0.1) is 0 Å². The van der Waals surface area contributed by atoms with Crippen LogP contribution in [0.4, 0.5) is 4.39 Å². The first-order valence-corrected chi connectivity index (χ1v) is 7.04. The van der Waals surface area contributed by atoms with Crippen LogP contribution in [-0.4, -0.2) is 12.4 Å². The molecular weight excluding hydrogens is 267 g/mol. The molecule has 0 aliphatic heterocycles. The van der Waals surface area contributed by atoms with Crippen molar-refractivity contribution in [1.82, 2.24) is 0 Å². The van der Waals surface area contributed by atoms with Crippen molar-refractivity contribution in [2.75, 3.05) is 6.61 Å². The number of ether oxygens (including phenoxy) is 1. The zero-order valence-electron chi connectivity index (χ0n) is 12.3. The molecule has 2 nitrogen and oxygen atoms in total. The molecule has 0 spiro atoms. The van der Waals surface area contributed by atoms with E-state index >= 15 is 0 Å². The molecule has 3 heteroatoms. The van der Waals surface area contributed by atoms with Crippen LogP contribution in [0.3, 0.4) is 0 Å². The van der Waals surface area contributed by atoms with Crippen LogP contribution in [0.1, 0.15) is 30.9 Å². The number of benzene rings is 2. The molecule has 0 unspecified atom stereocenters. The Morgan fingerprint density at radius 3 is 2.43 bits per heavy atom. The maximum absolute atomic E-state index is 12.8. The fraction of sp³-hybridized carbons (Fsp3) is 0.278. The lowest BCUT2D eigenvalue weighted by atomic mass is 10.0. The molecule has 2 aromatic carbocycles. The van der Waals surface area contributed by atoms with E-state index in [1.165, 1.54) is 12.1 Å². The van der Waals surface area contributed by atoms with Gasteiger partial charge in [0.2, 0.25) is 0 Å². The molecule has 0 heterocycles. The average Bonchev–Trinajstić information content (AvgIpc) is 2.48. The second-order valence-corrected chi connectivity index (χ2v) is 5.32. The van der Waals surface area contributed by atoms with Crippen LogP contribution in [0.25, 0.3) is 0 Å². The Balaban J connectivity index is 1.94. The largest absolute Gasteiger partial charge is 0.486 e. The van der Waals surface area contributed by atoms with Gasteiger partial charge in [-0.15, -0.1) is 0 Å². The van der Waals surface area contributed by atoms with E-state index < -0.39 is 0 Å². The highest BCUT2D eigenvalue weighted by molar-refractivity contribution is 5.82. The lowest BCUT2D eigenvalue weighted by Gasteiger charge is -2.13. The van der Waals surface area contributed by atoms with Gasteiger partial charge in [0.25, 0.3) is 0 Å². The lowest BCUT2D eigenvalue weighted by Crippen LogP contribution is -2.14. The lowest BCUT2D eigenvalue weighted by molar-refractivity contribution is -0.120. The molecule has 21 heavy (non-hydrogen) atoms. The van der Waals surface area contributed by atoms with Crippen molar-refractivity contribution in [2.24, 2.45) is 0 Å². The quantitative estimate of drug-likeness (QED) is 0.797. The van der Waals surface area contributed by atoms with Crippen LogP contribution in [0.15, 0.2) is 48.5 Å².